The Morgan fingerprint density at radius 1 is 1.07 bits per heavy atom. The lowest BCUT2D eigenvalue weighted by atomic mass is 9.97. The molecule has 1 rings (SSSR count). The van der Waals surface area contributed by atoms with Crippen molar-refractivity contribution in [1.82, 2.24) is 0 Å². The van der Waals surface area contributed by atoms with Gasteiger partial charge in [0, 0.05) is 13.2 Å². The first kappa shape index (κ1) is 25.9. The van der Waals surface area contributed by atoms with Gasteiger partial charge in [0.25, 0.3) is 0 Å². The normalized spacial score (nSPS) is 14.5. The molecule has 1 aromatic rings. The lowest BCUT2D eigenvalue weighted by Gasteiger charge is -2.19. The average Bonchev–Trinajstić information content (AvgIpc) is 2.72. The van der Waals surface area contributed by atoms with Gasteiger partial charge in [-0.05, 0) is 56.6 Å². The highest BCUT2D eigenvalue weighted by Crippen LogP contribution is 2.30. The molecule has 0 fully saturated rings. The lowest BCUT2D eigenvalue weighted by molar-refractivity contribution is -0.0784. The van der Waals surface area contributed by atoms with Crippen molar-refractivity contribution in [3.8, 4) is 11.5 Å². The van der Waals surface area contributed by atoms with Crippen LogP contribution in [-0.2, 0) is 9.47 Å². The maximum absolute atomic E-state index is 11.7. The van der Waals surface area contributed by atoms with Gasteiger partial charge in [-0.2, -0.15) is 0 Å². The number of benzene rings is 1. The summed E-state index contributed by atoms with van der Waals surface area (Å²) >= 11 is 0. The minimum atomic E-state index is -1.05. The molecule has 0 amide bonds. The molecular weight excluding hydrogens is 388 g/mol. The van der Waals surface area contributed by atoms with Crippen molar-refractivity contribution in [2.75, 3.05) is 28.1 Å². The van der Waals surface area contributed by atoms with Gasteiger partial charge >= 0.3 is 5.97 Å². The minimum Gasteiger partial charge on any atom is -0.497 e. The first-order chi connectivity index (χ1) is 14.3. The molecule has 0 unspecified atom stereocenters. The molecule has 0 saturated heterocycles. The fraction of sp³-hybridized carbons (Fsp3) is 0.609. The second-order valence-electron chi connectivity index (χ2n) is 7.49. The van der Waals surface area contributed by atoms with E-state index in [0.717, 1.165) is 32.1 Å². The number of rotatable bonds is 15. The Labute approximate surface area is 179 Å². The Morgan fingerprint density at radius 3 is 2.37 bits per heavy atom. The van der Waals surface area contributed by atoms with Crippen LogP contribution in [0.3, 0.4) is 0 Å². The Bertz CT molecular complexity index is 670. The van der Waals surface area contributed by atoms with Crippen molar-refractivity contribution in [3.05, 3.63) is 29.3 Å². The Hall–Kier alpha value is -2.09. The van der Waals surface area contributed by atoms with E-state index in [1.807, 2.05) is 6.08 Å². The van der Waals surface area contributed by atoms with Crippen molar-refractivity contribution < 1.29 is 34.0 Å². The number of allylic oxidation sites excluding steroid dienone is 1. The van der Waals surface area contributed by atoms with Gasteiger partial charge in [-0.15, -0.1) is 0 Å². The van der Waals surface area contributed by atoms with Gasteiger partial charge in [-0.3, -0.25) is 0 Å². The molecule has 0 aliphatic heterocycles. The third kappa shape index (κ3) is 9.15. The molecule has 170 valence electrons. The maximum Gasteiger partial charge on any atom is 0.340 e. The summed E-state index contributed by atoms with van der Waals surface area (Å²) in [6, 6.07) is 3.25. The molecule has 0 aliphatic carbocycles. The summed E-state index contributed by atoms with van der Waals surface area (Å²) < 4.78 is 21.3. The van der Waals surface area contributed by atoms with Crippen LogP contribution in [0, 0.1) is 5.92 Å². The molecule has 0 bridgehead atoms. The SMILES string of the molecule is COCO[C@H](CCC[C@H](C)O)CC[C@H](C)/C=C/c1cc(OC)cc(OC)c1C(=O)O. The first-order valence-corrected chi connectivity index (χ1v) is 10.3. The number of aromatic carboxylic acids is 1. The molecule has 0 aliphatic rings. The van der Waals surface area contributed by atoms with E-state index in [-0.39, 0.29) is 36.2 Å². The summed E-state index contributed by atoms with van der Waals surface area (Å²) in [5, 5.41) is 19.0. The number of hydrogen-bond donors (Lipinski definition) is 2. The standard InChI is InChI=1S/C23H36O7/c1-16(10-12-19(30-15-27-3)8-6-7-17(2)24)9-11-18-13-20(28-4)14-21(29-5)22(18)23(25)26/h9,11,13-14,16-17,19,24H,6-8,10,12,15H2,1-5H3,(H,25,26)/b11-9+/t16-,17+,19-/m1/s1. The number of carboxylic acid groups (broad SMARTS) is 1. The number of hydrogen-bond acceptors (Lipinski definition) is 6. The fourth-order valence-corrected chi connectivity index (χ4v) is 3.18. The molecule has 0 radical (unpaired) electrons. The van der Waals surface area contributed by atoms with Crippen LogP contribution >= 0.6 is 0 Å². The monoisotopic (exact) mass is 424 g/mol. The molecule has 3 atom stereocenters. The molecule has 0 heterocycles. The fourth-order valence-electron chi connectivity index (χ4n) is 3.18. The van der Waals surface area contributed by atoms with Crippen LogP contribution in [0.15, 0.2) is 18.2 Å². The highest BCUT2D eigenvalue weighted by molar-refractivity contribution is 5.95. The quantitative estimate of drug-likeness (QED) is 0.404. The first-order valence-electron chi connectivity index (χ1n) is 10.3. The van der Waals surface area contributed by atoms with Crippen LogP contribution in [0.1, 0.15) is 61.9 Å². The van der Waals surface area contributed by atoms with E-state index in [4.69, 9.17) is 18.9 Å². The van der Waals surface area contributed by atoms with Crippen LogP contribution < -0.4 is 9.47 Å². The molecule has 1 aromatic carbocycles. The number of carbonyl (C=O) groups is 1. The summed E-state index contributed by atoms with van der Waals surface area (Å²) in [5.74, 6) is -0.0298. The topological polar surface area (TPSA) is 94.5 Å². The number of ether oxygens (including phenoxy) is 4. The van der Waals surface area contributed by atoms with Crippen LogP contribution in [0.25, 0.3) is 6.08 Å². The van der Waals surface area contributed by atoms with E-state index >= 15 is 0 Å². The van der Waals surface area contributed by atoms with Crippen molar-refractivity contribution in [1.29, 1.82) is 0 Å². The molecule has 30 heavy (non-hydrogen) atoms. The summed E-state index contributed by atoms with van der Waals surface area (Å²) in [6.45, 7) is 4.11. The van der Waals surface area contributed by atoms with Crippen molar-refractivity contribution >= 4 is 12.0 Å². The zero-order chi connectivity index (χ0) is 22.5. The second-order valence-corrected chi connectivity index (χ2v) is 7.49. The van der Waals surface area contributed by atoms with Crippen molar-refractivity contribution in [3.63, 3.8) is 0 Å². The molecular formula is C23H36O7. The van der Waals surface area contributed by atoms with E-state index in [1.54, 1.807) is 32.2 Å². The number of aliphatic hydroxyl groups excluding tert-OH is 1. The van der Waals surface area contributed by atoms with E-state index in [2.05, 4.69) is 6.92 Å². The zero-order valence-corrected chi connectivity index (χ0v) is 18.7. The molecule has 0 aromatic heterocycles. The van der Waals surface area contributed by atoms with E-state index < -0.39 is 5.97 Å². The number of methoxy groups -OCH3 is 3. The third-order valence-corrected chi connectivity index (χ3v) is 4.89. The summed E-state index contributed by atoms with van der Waals surface area (Å²) in [6.07, 6.45) is 7.77. The van der Waals surface area contributed by atoms with Gasteiger partial charge < -0.3 is 29.2 Å². The molecule has 7 heteroatoms. The maximum atomic E-state index is 11.7. The Morgan fingerprint density at radius 2 is 1.80 bits per heavy atom. The highest BCUT2D eigenvalue weighted by Gasteiger charge is 2.17. The van der Waals surface area contributed by atoms with Gasteiger partial charge in [0.1, 0.15) is 23.9 Å². The van der Waals surface area contributed by atoms with Crippen LogP contribution in [-0.4, -0.2) is 56.5 Å². The zero-order valence-electron chi connectivity index (χ0n) is 18.7. The molecule has 2 N–H and O–H groups in total. The largest absolute Gasteiger partial charge is 0.497 e. The van der Waals surface area contributed by atoms with Crippen LogP contribution in [0.5, 0.6) is 11.5 Å². The van der Waals surface area contributed by atoms with Crippen molar-refractivity contribution in [2.24, 2.45) is 5.92 Å². The Balaban J connectivity index is 2.80. The van der Waals surface area contributed by atoms with Gasteiger partial charge in [-0.1, -0.05) is 19.1 Å². The predicted molar refractivity (Wildman–Crippen MR) is 116 cm³/mol. The second kappa shape index (κ2) is 14.0. The smallest absolute Gasteiger partial charge is 0.340 e. The number of carboxylic acids is 1. The Kier molecular flexibility index (Phi) is 12.1. The summed E-state index contributed by atoms with van der Waals surface area (Å²) in [7, 11) is 4.57. The number of aliphatic hydroxyl groups is 1. The molecule has 0 saturated carbocycles. The van der Waals surface area contributed by atoms with Crippen molar-refractivity contribution in [2.45, 2.75) is 58.2 Å². The van der Waals surface area contributed by atoms with E-state index in [0.29, 0.717) is 11.3 Å². The predicted octanol–water partition coefficient (Wildman–Crippen LogP) is 4.37. The van der Waals surface area contributed by atoms with E-state index in [1.165, 1.54) is 14.2 Å². The molecule has 7 nitrogen and oxygen atoms in total. The van der Waals surface area contributed by atoms with Gasteiger partial charge in [-0.25, -0.2) is 4.79 Å². The van der Waals surface area contributed by atoms with Crippen LogP contribution in [0.4, 0.5) is 0 Å². The third-order valence-electron chi connectivity index (χ3n) is 4.89. The average molecular weight is 425 g/mol. The summed E-state index contributed by atoms with van der Waals surface area (Å²) in [5.41, 5.74) is 0.649. The van der Waals surface area contributed by atoms with E-state index in [9.17, 15) is 15.0 Å². The minimum absolute atomic E-state index is 0.0612. The van der Waals surface area contributed by atoms with Gasteiger partial charge in [0.05, 0.1) is 26.4 Å². The lowest BCUT2D eigenvalue weighted by Crippen LogP contribution is -2.16. The van der Waals surface area contributed by atoms with Gasteiger partial charge in [0.15, 0.2) is 0 Å². The highest BCUT2D eigenvalue weighted by atomic mass is 16.7. The van der Waals surface area contributed by atoms with Gasteiger partial charge in [0.2, 0.25) is 0 Å². The summed E-state index contributed by atoms with van der Waals surface area (Å²) in [4.78, 5) is 11.7. The molecule has 0 spiro atoms. The van der Waals surface area contributed by atoms with Crippen LogP contribution in [0.2, 0.25) is 0 Å².